The molecule has 0 saturated carbocycles. The van der Waals surface area contributed by atoms with E-state index in [1.54, 1.807) is 0 Å². The van der Waals surface area contributed by atoms with E-state index in [1.807, 2.05) is 6.92 Å². The van der Waals surface area contributed by atoms with Crippen LogP contribution in [0.1, 0.15) is 13.3 Å². The van der Waals surface area contributed by atoms with Gasteiger partial charge in [0.25, 0.3) is 0 Å². The Morgan fingerprint density at radius 1 is 1.40 bits per heavy atom. The molecule has 0 spiro atoms. The topological polar surface area (TPSA) is 90.1 Å². The lowest BCUT2D eigenvalue weighted by Gasteiger charge is -2.14. The first kappa shape index (κ1) is 9.84. The van der Waals surface area contributed by atoms with Crippen LogP contribution in [0.15, 0.2) is 0 Å². The lowest BCUT2D eigenvalue weighted by molar-refractivity contribution is 0.487. The fourth-order valence-electron chi connectivity index (χ4n) is 0.530. The summed E-state index contributed by atoms with van der Waals surface area (Å²) >= 11 is 0. The largest absolute Gasteiger partial charge is 0.328 e. The summed E-state index contributed by atoms with van der Waals surface area (Å²) in [6.45, 7) is 3.24. The lowest BCUT2D eigenvalue weighted by atomic mass is 10.2. The molecule has 0 saturated heterocycles. The highest BCUT2D eigenvalue weighted by atomic mass is 15.0. The zero-order valence-electron chi connectivity index (χ0n) is 6.51. The van der Waals surface area contributed by atoms with E-state index in [-0.39, 0.29) is 12.2 Å². The minimum Gasteiger partial charge on any atom is -0.328 e. The zero-order valence-corrected chi connectivity index (χ0v) is 6.51. The maximum absolute atomic E-state index is 5.62. The van der Waals surface area contributed by atoms with E-state index in [2.05, 4.69) is 5.32 Å². The zero-order chi connectivity index (χ0) is 7.98. The van der Waals surface area contributed by atoms with Gasteiger partial charge in [-0.1, -0.05) is 6.92 Å². The van der Waals surface area contributed by atoms with E-state index < -0.39 is 0 Å². The van der Waals surface area contributed by atoms with Crippen LogP contribution in [0.3, 0.4) is 0 Å². The third-order valence-electron chi connectivity index (χ3n) is 1.42. The molecule has 0 fully saturated rings. The minimum absolute atomic E-state index is 0.113. The summed E-state index contributed by atoms with van der Waals surface area (Å²) in [6.07, 6.45) is 0.849. The number of hydrogen-bond donors (Lipinski definition) is 4. The van der Waals surface area contributed by atoms with E-state index in [9.17, 15) is 0 Å². The molecule has 0 aromatic heterocycles. The highest BCUT2D eigenvalue weighted by Gasteiger charge is 2.00. The van der Waals surface area contributed by atoms with Crippen molar-refractivity contribution in [3.63, 3.8) is 0 Å². The van der Waals surface area contributed by atoms with Gasteiger partial charge in [-0.3, -0.25) is 5.32 Å². The Bertz CT molecular complexity index is 66.1. The molecular formula is C6H18N4. The first-order chi connectivity index (χ1) is 4.70. The van der Waals surface area contributed by atoms with Crippen LogP contribution in [0.2, 0.25) is 0 Å². The number of nitrogens with two attached hydrogens (primary N) is 3. The van der Waals surface area contributed by atoms with E-state index in [0.717, 1.165) is 13.0 Å². The Hall–Kier alpha value is -0.160. The molecule has 0 radical (unpaired) electrons. The second-order valence-electron chi connectivity index (χ2n) is 2.42. The summed E-state index contributed by atoms with van der Waals surface area (Å²) in [5.41, 5.74) is 16.4. The summed E-state index contributed by atoms with van der Waals surface area (Å²) in [6, 6.07) is 0.192. The molecule has 0 amide bonds. The van der Waals surface area contributed by atoms with Gasteiger partial charge in [-0.25, -0.2) is 0 Å². The van der Waals surface area contributed by atoms with Crippen molar-refractivity contribution in [3.05, 3.63) is 0 Å². The highest BCUT2D eigenvalue weighted by molar-refractivity contribution is 4.66. The quantitative estimate of drug-likeness (QED) is 0.357. The minimum atomic E-state index is -0.113. The molecule has 0 aliphatic heterocycles. The summed E-state index contributed by atoms with van der Waals surface area (Å²) in [4.78, 5) is 0. The van der Waals surface area contributed by atoms with Crippen LogP contribution in [0.25, 0.3) is 0 Å². The van der Waals surface area contributed by atoms with Crippen LogP contribution in [-0.4, -0.2) is 25.3 Å². The van der Waals surface area contributed by atoms with E-state index >= 15 is 0 Å². The second-order valence-corrected chi connectivity index (χ2v) is 2.42. The molecule has 0 aliphatic carbocycles. The standard InChI is InChI=1S/C6H18N4/c1-2-5(8)4-10-6(9)3-7/h5-6,10H,2-4,7-9H2,1H3. The van der Waals surface area contributed by atoms with Crippen molar-refractivity contribution in [2.45, 2.75) is 25.6 Å². The van der Waals surface area contributed by atoms with E-state index in [4.69, 9.17) is 17.2 Å². The Kier molecular flexibility index (Phi) is 5.52. The number of rotatable bonds is 5. The molecule has 10 heavy (non-hydrogen) atoms. The smallest absolute Gasteiger partial charge is 0.0673 e. The van der Waals surface area contributed by atoms with Crippen LogP contribution < -0.4 is 22.5 Å². The fraction of sp³-hybridized carbons (Fsp3) is 1.00. The van der Waals surface area contributed by atoms with Crippen LogP contribution in [0.5, 0.6) is 0 Å². The molecule has 2 unspecified atom stereocenters. The lowest BCUT2D eigenvalue weighted by Crippen LogP contribution is -2.47. The maximum Gasteiger partial charge on any atom is 0.0673 e. The second kappa shape index (κ2) is 5.61. The molecule has 0 aliphatic rings. The third-order valence-corrected chi connectivity index (χ3v) is 1.42. The molecule has 62 valence electrons. The van der Waals surface area contributed by atoms with Crippen LogP contribution in [-0.2, 0) is 0 Å². The fourth-order valence-corrected chi connectivity index (χ4v) is 0.530. The molecule has 0 heterocycles. The maximum atomic E-state index is 5.62. The van der Waals surface area contributed by atoms with Gasteiger partial charge in [0.05, 0.1) is 6.17 Å². The normalized spacial score (nSPS) is 16.8. The Labute approximate surface area is 62.1 Å². The van der Waals surface area contributed by atoms with Crippen LogP contribution >= 0.6 is 0 Å². The van der Waals surface area contributed by atoms with Gasteiger partial charge >= 0.3 is 0 Å². The van der Waals surface area contributed by atoms with Crippen molar-refractivity contribution < 1.29 is 0 Å². The first-order valence-electron chi connectivity index (χ1n) is 3.65. The molecule has 4 heteroatoms. The average Bonchev–Trinajstić information content (AvgIpc) is 1.99. The van der Waals surface area contributed by atoms with Crippen molar-refractivity contribution in [2.75, 3.05) is 13.1 Å². The SMILES string of the molecule is CCC(N)CNC(N)CN. The van der Waals surface area contributed by atoms with Gasteiger partial charge in [0.15, 0.2) is 0 Å². The molecule has 7 N–H and O–H groups in total. The monoisotopic (exact) mass is 146 g/mol. The van der Waals surface area contributed by atoms with Crippen molar-refractivity contribution in [1.29, 1.82) is 0 Å². The molecule has 0 rings (SSSR count). The summed E-state index contributed by atoms with van der Waals surface area (Å²) in [5.74, 6) is 0. The molecular weight excluding hydrogens is 128 g/mol. The van der Waals surface area contributed by atoms with Crippen LogP contribution in [0.4, 0.5) is 0 Å². The third kappa shape index (κ3) is 4.69. The van der Waals surface area contributed by atoms with E-state index in [0.29, 0.717) is 6.54 Å². The Morgan fingerprint density at radius 2 is 2.00 bits per heavy atom. The van der Waals surface area contributed by atoms with Crippen molar-refractivity contribution in [3.8, 4) is 0 Å². The summed E-state index contributed by atoms with van der Waals surface area (Å²) in [5, 5.41) is 3.01. The molecule has 0 bridgehead atoms. The predicted octanol–water partition coefficient (Wildman–Crippen LogP) is -1.44. The molecule has 4 nitrogen and oxygen atoms in total. The van der Waals surface area contributed by atoms with Crippen molar-refractivity contribution in [1.82, 2.24) is 5.32 Å². The molecule has 0 aromatic rings. The Balaban J connectivity index is 3.17. The van der Waals surface area contributed by atoms with Crippen molar-refractivity contribution in [2.24, 2.45) is 17.2 Å². The predicted molar refractivity (Wildman–Crippen MR) is 43.3 cm³/mol. The summed E-state index contributed by atoms with van der Waals surface area (Å²) < 4.78 is 0. The van der Waals surface area contributed by atoms with Gasteiger partial charge in [-0.15, -0.1) is 0 Å². The Morgan fingerprint density at radius 3 is 2.40 bits per heavy atom. The average molecular weight is 146 g/mol. The van der Waals surface area contributed by atoms with Crippen LogP contribution in [0, 0.1) is 0 Å². The van der Waals surface area contributed by atoms with Gasteiger partial charge in [0, 0.05) is 19.1 Å². The number of hydrogen-bond acceptors (Lipinski definition) is 4. The van der Waals surface area contributed by atoms with Gasteiger partial charge in [0.1, 0.15) is 0 Å². The van der Waals surface area contributed by atoms with Gasteiger partial charge in [-0.05, 0) is 6.42 Å². The van der Waals surface area contributed by atoms with E-state index in [1.165, 1.54) is 0 Å². The van der Waals surface area contributed by atoms with Gasteiger partial charge < -0.3 is 17.2 Å². The molecule has 0 aromatic carbocycles. The van der Waals surface area contributed by atoms with Crippen molar-refractivity contribution >= 4 is 0 Å². The molecule has 2 atom stereocenters. The first-order valence-corrected chi connectivity index (χ1v) is 3.65. The van der Waals surface area contributed by atoms with Gasteiger partial charge in [-0.2, -0.15) is 0 Å². The summed E-state index contributed by atoms with van der Waals surface area (Å²) in [7, 11) is 0. The van der Waals surface area contributed by atoms with Gasteiger partial charge in [0.2, 0.25) is 0 Å². The number of nitrogens with one attached hydrogen (secondary N) is 1. The highest BCUT2D eigenvalue weighted by Crippen LogP contribution is 1.82.